The van der Waals surface area contributed by atoms with Gasteiger partial charge in [0.1, 0.15) is 11.2 Å². The fourth-order valence-corrected chi connectivity index (χ4v) is 7.89. The zero-order valence-electron chi connectivity index (χ0n) is 29.5. The van der Waals surface area contributed by atoms with Gasteiger partial charge in [0.25, 0.3) is 0 Å². The van der Waals surface area contributed by atoms with E-state index in [0.29, 0.717) is 17.5 Å². The molecule has 0 aliphatic carbocycles. The largest absolute Gasteiger partial charge is 0.455 e. The van der Waals surface area contributed by atoms with E-state index in [-0.39, 0.29) is 0 Å². The Morgan fingerprint density at radius 2 is 0.891 bits per heavy atom. The van der Waals surface area contributed by atoms with Gasteiger partial charge in [0.15, 0.2) is 17.5 Å². The molecule has 5 heteroatoms. The number of aromatic nitrogens is 4. The highest BCUT2D eigenvalue weighted by molar-refractivity contribution is 6.24. The number of fused-ring (bicyclic) bond motifs is 8. The summed E-state index contributed by atoms with van der Waals surface area (Å²) in [5.74, 6) is 1.72. The third kappa shape index (κ3) is 5.17. The van der Waals surface area contributed by atoms with Gasteiger partial charge in [-0.15, -0.1) is 0 Å². The van der Waals surface area contributed by atoms with Gasteiger partial charge < -0.3 is 4.42 Å². The predicted molar refractivity (Wildman–Crippen MR) is 225 cm³/mol. The summed E-state index contributed by atoms with van der Waals surface area (Å²) in [7, 11) is 0. The molecule has 0 aliphatic heterocycles. The Bertz CT molecular complexity index is 3250. The molecule has 0 atom stereocenters. The van der Waals surface area contributed by atoms with Crippen LogP contribution in [0.1, 0.15) is 0 Å². The normalized spacial score (nSPS) is 11.6. The van der Waals surface area contributed by atoms with Crippen LogP contribution in [-0.2, 0) is 0 Å². The lowest BCUT2D eigenvalue weighted by Crippen LogP contribution is -2.01. The molecule has 0 unspecified atom stereocenters. The topological polar surface area (TPSA) is 64.7 Å². The fraction of sp³-hybridized carbons (Fsp3) is 0. The van der Waals surface area contributed by atoms with Gasteiger partial charge in [-0.05, 0) is 56.9 Å². The highest BCUT2D eigenvalue weighted by Gasteiger charge is 2.23. The molecule has 0 N–H and O–H groups in total. The molecule has 55 heavy (non-hydrogen) atoms. The molecule has 11 aromatic rings. The van der Waals surface area contributed by atoms with E-state index >= 15 is 0 Å². The minimum Gasteiger partial charge on any atom is -0.455 e. The highest BCUT2D eigenvalue weighted by Crippen LogP contribution is 2.44. The average Bonchev–Trinajstić information content (AvgIpc) is 3.66. The number of rotatable bonds is 5. The molecule has 11 rings (SSSR count). The quantitative estimate of drug-likeness (QED) is 0.167. The Balaban J connectivity index is 1.19. The van der Waals surface area contributed by atoms with E-state index in [0.717, 1.165) is 82.7 Å². The zero-order chi connectivity index (χ0) is 36.3. The first-order chi connectivity index (χ1) is 27.3. The van der Waals surface area contributed by atoms with E-state index in [1.165, 1.54) is 10.8 Å². The van der Waals surface area contributed by atoms with Crippen molar-refractivity contribution in [2.24, 2.45) is 0 Å². The molecule has 0 radical (unpaired) electrons. The molecule has 8 aromatic carbocycles. The Morgan fingerprint density at radius 1 is 0.345 bits per heavy atom. The highest BCUT2D eigenvalue weighted by atomic mass is 16.3. The molecule has 0 spiro atoms. The van der Waals surface area contributed by atoms with Crippen LogP contribution in [0.15, 0.2) is 186 Å². The van der Waals surface area contributed by atoms with E-state index in [9.17, 15) is 0 Å². The number of benzene rings is 8. The van der Waals surface area contributed by atoms with Gasteiger partial charge in [-0.25, -0.2) is 19.9 Å². The van der Waals surface area contributed by atoms with Crippen LogP contribution in [0, 0.1) is 0 Å². The van der Waals surface area contributed by atoms with E-state index in [1.807, 2.05) is 54.6 Å². The summed E-state index contributed by atoms with van der Waals surface area (Å²) in [5, 5.41) is 7.58. The van der Waals surface area contributed by atoms with Gasteiger partial charge in [0.05, 0.1) is 16.6 Å². The van der Waals surface area contributed by atoms with Crippen molar-refractivity contribution < 1.29 is 4.42 Å². The van der Waals surface area contributed by atoms with Crippen LogP contribution in [0.25, 0.3) is 111 Å². The lowest BCUT2D eigenvalue weighted by Gasteiger charge is -2.14. The van der Waals surface area contributed by atoms with E-state index in [2.05, 4.69) is 127 Å². The van der Waals surface area contributed by atoms with Crippen LogP contribution in [0.5, 0.6) is 0 Å². The number of nitrogens with zero attached hydrogens (tertiary/aromatic N) is 4. The number of para-hydroxylation sites is 2. The summed E-state index contributed by atoms with van der Waals surface area (Å²) in [6, 6.07) is 62.7. The van der Waals surface area contributed by atoms with Crippen LogP contribution in [0.3, 0.4) is 0 Å². The molecule has 0 bridgehead atoms. The second-order valence-electron chi connectivity index (χ2n) is 13.8. The Hall–Kier alpha value is -7.50. The van der Waals surface area contributed by atoms with Crippen molar-refractivity contribution in [3.63, 3.8) is 0 Å². The Labute approximate surface area is 316 Å². The van der Waals surface area contributed by atoms with Crippen LogP contribution in [0.2, 0.25) is 0 Å². The van der Waals surface area contributed by atoms with E-state index < -0.39 is 0 Å². The maximum atomic E-state index is 6.76. The fourth-order valence-electron chi connectivity index (χ4n) is 7.89. The molecule has 0 aliphatic rings. The average molecular weight is 703 g/mol. The van der Waals surface area contributed by atoms with E-state index in [1.54, 1.807) is 0 Å². The van der Waals surface area contributed by atoms with Gasteiger partial charge in [-0.1, -0.05) is 158 Å². The number of pyridine rings is 1. The summed E-state index contributed by atoms with van der Waals surface area (Å²) in [6.45, 7) is 0. The smallest absolute Gasteiger partial charge is 0.166 e. The first-order valence-electron chi connectivity index (χ1n) is 18.4. The van der Waals surface area contributed by atoms with Crippen molar-refractivity contribution in [1.29, 1.82) is 0 Å². The Morgan fingerprint density at radius 3 is 1.65 bits per heavy atom. The predicted octanol–water partition coefficient (Wildman–Crippen LogP) is 13.0. The molecule has 3 heterocycles. The van der Waals surface area contributed by atoms with Crippen molar-refractivity contribution in [2.75, 3.05) is 0 Å². The summed E-state index contributed by atoms with van der Waals surface area (Å²) in [4.78, 5) is 21.0. The third-order valence-corrected chi connectivity index (χ3v) is 10.5. The summed E-state index contributed by atoms with van der Waals surface area (Å²) < 4.78 is 6.76. The molecular formula is C50H30N4O. The number of furan rings is 1. The van der Waals surface area contributed by atoms with Crippen LogP contribution >= 0.6 is 0 Å². The SMILES string of the molecule is c1ccc(-c2ccc(-c3nc(-c4ccccc4)nc(-c4cccc5c4nc(-c4cc6ccccc6c6ccccc46)c4c6ccccc6oc54)n3)cc2)cc1. The van der Waals surface area contributed by atoms with Gasteiger partial charge in [0.2, 0.25) is 0 Å². The van der Waals surface area contributed by atoms with Crippen molar-refractivity contribution in [2.45, 2.75) is 0 Å². The summed E-state index contributed by atoms with van der Waals surface area (Å²) >= 11 is 0. The number of hydrogen-bond donors (Lipinski definition) is 0. The molecule has 256 valence electrons. The zero-order valence-corrected chi connectivity index (χ0v) is 29.5. The summed E-state index contributed by atoms with van der Waals surface area (Å²) in [5.41, 5.74) is 9.16. The van der Waals surface area contributed by atoms with E-state index in [4.69, 9.17) is 24.4 Å². The summed E-state index contributed by atoms with van der Waals surface area (Å²) in [6.07, 6.45) is 0. The van der Waals surface area contributed by atoms with Crippen molar-refractivity contribution in [3.8, 4) is 56.5 Å². The maximum absolute atomic E-state index is 6.76. The third-order valence-electron chi connectivity index (χ3n) is 10.5. The molecule has 5 nitrogen and oxygen atoms in total. The maximum Gasteiger partial charge on any atom is 0.166 e. The van der Waals surface area contributed by atoms with Crippen LogP contribution in [-0.4, -0.2) is 19.9 Å². The molecule has 0 saturated heterocycles. The van der Waals surface area contributed by atoms with Gasteiger partial charge in [0, 0.05) is 33.0 Å². The Kier molecular flexibility index (Phi) is 7.10. The van der Waals surface area contributed by atoms with Crippen LogP contribution in [0.4, 0.5) is 0 Å². The molecule has 3 aromatic heterocycles. The minimum absolute atomic E-state index is 0.541. The number of hydrogen-bond acceptors (Lipinski definition) is 5. The lowest BCUT2D eigenvalue weighted by atomic mass is 9.93. The first-order valence-corrected chi connectivity index (χ1v) is 18.4. The van der Waals surface area contributed by atoms with Crippen molar-refractivity contribution in [1.82, 2.24) is 19.9 Å². The molecule has 0 saturated carbocycles. The first kappa shape index (κ1) is 31.1. The monoisotopic (exact) mass is 702 g/mol. The second kappa shape index (κ2) is 12.6. The molecule has 0 fully saturated rings. The minimum atomic E-state index is 0.541. The van der Waals surface area contributed by atoms with Crippen molar-refractivity contribution in [3.05, 3.63) is 182 Å². The van der Waals surface area contributed by atoms with Gasteiger partial charge >= 0.3 is 0 Å². The second-order valence-corrected chi connectivity index (χ2v) is 13.8. The molecular weight excluding hydrogens is 673 g/mol. The van der Waals surface area contributed by atoms with Crippen molar-refractivity contribution >= 4 is 54.4 Å². The lowest BCUT2D eigenvalue weighted by molar-refractivity contribution is 0.672. The van der Waals surface area contributed by atoms with Crippen LogP contribution < -0.4 is 0 Å². The van der Waals surface area contributed by atoms with Gasteiger partial charge in [-0.3, -0.25) is 0 Å². The standard InChI is InChI=1S/C50H30N4O/c1-3-14-31(15-4-1)32-26-28-34(29-27-32)49-52-48(33-16-5-2-6-17-33)53-50(54-49)41-24-13-23-40-45(41)51-46(44-39-22-11-12-25-43(39)55-47(40)44)42-30-35-18-7-8-19-36(35)37-20-9-10-21-38(37)42/h1-30H. The van der Waals surface area contributed by atoms with Gasteiger partial charge in [-0.2, -0.15) is 0 Å². The molecule has 0 amide bonds.